The van der Waals surface area contributed by atoms with Gasteiger partial charge < -0.3 is 15.6 Å². The van der Waals surface area contributed by atoms with Crippen molar-refractivity contribution in [3.63, 3.8) is 0 Å². The normalized spacial score (nSPS) is 10.9. The Morgan fingerprint density at radius 1 is 1.40 bits per heavy atom. The molecule has 0 radical (unpaired) electrons. The lowest BCUT2D eigenvalue weighted by Gasteiger charge is -2.08. The van der Waals surface area contributed by atoms with E-state index in [1.54, 1.807) is 12.3 Å². The number of H-pyrrole nitrogens is 1. The van der Waals surface area contributed by atoms with Crippen molar-refractivity contribution in [1.82, 2.24) is 15.6 Å². The van der Waals surface area contributed by atoms with Crippen molar-refractivity contribution in [2.45, 2.75) is 26.4 Å². The summed E-state index contributed by atoms with van der Waals surface area (Å²) >= 11 is 0. The van der Waals surface area contributed by atoms with Crippen molar-refractivity contribution < 1.29 is 0 Å². The van der Waals surface area contributed by atoms with Crippen LogP contribution in [0.25, 0.3) is 0 Å². The third-order valence-corrected chi connectivity index (χ3v) is 2.02. The van der Waals surface area contributed by atoms with E-state index in [9.17, 15) is 4.79 Å². The molecule has 3 N–H and O–H groups in total. The van der Waals surface area contributed by atoms with Crippen LogP contribution >= 0.6 is 0 Å². The van der Waals surface area contributed by atoms with E-state index < -0.39 is 0 Å². The highest BCUT2D eigenvalue weighted by Crippen LogP contribution is 1.90. The van der Waals surface area contributed by atoms with Gasteiger partial charge in [0.25, 0.3) is 0 Å². The molecule has 1 rings (SSSR count). The van der Waals surface area contributed by atoms with Crippen LogP contribution < -0.4 is 16.2 Å². The molecule has 0 spiro atoms. The molecule has 0 aromatic carbocycles. The van der Waals surface area contributed by atoms with Crippen LogP contribution in [0.1, 0.15) is 19.4 Å². The lowest BCUT2D eigenvalue weighted by molar-refractivity contribution is 0.555. The maximum Gasteiger partial charge on any atom is 0.248 e. The Hall–Kier alpha value is -1.13. The molecule has 4 nitrogen and oxygen atoms in total. The fourth-order valence-electron chi connectivity index (χ4n) is 1.28. The van der Waals surface area contributed by atoms with Gasteiger partial charge in [-0.15, -0.1) is 0 Å². The van der Waals surface area contributed by atoms with Gasteiger partial charge in [-0.25, -0.2) is 0 Å². The number of rotatable bonds is 6. The zero-order chi connectivity index (χ0) is 11.1. The van der Waals surface area contributed by atoms with E-state index in [4.69, 9.17) is 0 Å². The number of aromatic nitrogens is 1. The first kappa shape index (κ1) is 11.9. The third kappa shape index (κ3) is 5.34. The molecule has 84 valence electrons. The van der Waals surface area contributed by atoms with Crippen LogP contribution in [0.3, 0.4) is 0 Å². The maximum absolute atomic E-state index is 11.0. The fraction of sp³-hybridized carbons (Fsp3) is 0.545. The SMILES string of the molecule is CC(C)NCCNCc1cc[nH]c(=O)c1. The van der Waals surface area contributed by atoms with Crippen molar-refractivity contribution in [3.8, 4) is 0 Å². The first-order valence-corrected chi connectivity index (χ1v) is 5.30. The summed E-state index contributed by atoms with van der Waals surface area (Å²) in [5.41, 5.74) is 0.970. The van der Waals surface area contributed by atoms with E-state index in [-0.39, 0.29) is 5.56 Å². The van der Waals surface area contributed by atoms with Crippen LogP contribution in [-0.2, 0) is 6.54 Å². The van der Waals surface area contributed by atoms with Crippen LogP contribution in [0.4, 0.5) is 0 Å². The number of aromatic amines is 1. The van der Waals surface area contributed by atoms with Crippen LogP contribution in [0.15, 0.2) is 23.1 Å². The van der Waals surface area contributed by atoms with Gasteiger partial charge in [0.2, 0.25) is 5.56 Å². The summed E-state index contributed by atoms with van der Waals surface area (Å²) in [5.74, 6) is 0. The molecule has 0 amide bonds. The summed E-state index contributed by atoms with van der Waals surface area (Å²) in [6.07, 6.45) is 1.67. The van der Waals surface area contributed by atoms with Crippen molar-refractivity contribution >= 4 is 0 Å². The molecule has 1 aromatic heterocycles. The molecule has 0 saturated carbocycles. The lowest BCUT2D eigenvalue weighted by Crippen LogP contribution is -2.31. The Kier molecular flexibility index (Phi) is 5.07. The molecule has 1 aromatic rings. The molecule has 0 aliphatic carbocycles. The number of nitrogens with one attached hydrogen (secondary N) is 3. The molecule has 0 bridgehead atoms. The Morgan fingerprint density at radius 3 is 2.87 bits per heavy atom. The molecular formula is C11H19N3O. The van der Waals surface area contributed by atoms with E-state index in [0.717, 1.165) is 25.2 Å². The highest BCUT2D eigenvalue weighted by molar-refractivity contribution is 5.09. The fourth-order valence-corrected chi connectivity index (χ4v) is 1.28. The molecule has 0 unspecified atom stereocenters. The first-order valence-electron chi connectivity index (χ1n) is 5.30. The quantitative estimate of drug-likeness (QED) is 0.597. The molecule has 0 saturated heterocycles. The van der Waals surface area contributed by atoms with Gasteiger partial charge in [0.1, 0.15) is 0 Å². The molecule has 1 heterocycles. The van der Waals surface area contributed by atoms with E-state index in [0.29, 0.717) is 6.04 Å². The van der Waals surface area contributed by atoms with Gasteiger partial charge in [0, 0.05) is 37.9 Å². The lowest BCUT2D eigenvalue weighted by atomic mass is 10.2. The predicted octanol–water partition coefficient (Wildman–Crippen LogP) is 0.462. The molecule has 0 aliphatic heterocycles. The standard InChI is InChI=1S/C11H19N3O/c1-9(2)13-6-5-12-8-10-3-4-14-11(15)7-10/h3-4,7,9,12-13H,5-6,8H2,1-2H3,(H,14,15). The smallest absolute Gasteiger partial charge is 0.248 e. The van der Waals surface area contributed by atoms with E-state index >= 15 is 0 Å². The van der Waals surface area contributed by atoms with E-state index in [1.165, 1.54) is 0 Å². The monoisotopic (exact) mass is 209 g/mol. The first-order chi connectivity index (χ1) is 7.18. The number of pyridine rings is 1. The van der Waals surface area contributed by atoms with E-state index in [2.05, 4.69) is 29.5 Å². The number of hydrogen-bond acceptors (Lipinski definition) is 3. The minimum atomic E-state index is -0.0467. The Bertz CT molecular complexity index is 333. The van der Waals surface area contributed by atoms with E-state index in [1.807, 2.05) is 6.07 Å². The van der Waals surface area contributed by atoms with Crippen molar-refractivity contribution in [2.24, 2.45) is 0 Å². The summed E-state index contributed by atoms with van der Waals surface area (Å²) < 4.78 is 0. The Balaban J connectivity index is 2.18. The molecule has 0 fully saturated rings. The maximum atomic E-state index is 11.0. The second-order valence-electron chi connectivity index (χ2n) is 3.85. The van der Waals surface area contributed by atoms with Gasteiger partial charge in [-0.3, -0.25) is 4.79 Å². The zero-order valence-corrected chi connectivity index (χ0v) is 9.34. The van der Waals surface area contributed by atoms with Crippen molar-refractivity contribution in [2.75, 3.05) is 13.1 Å². The molecule has 0 aliphatic rings. The van der Waals surface area contributed by atoms with Gasteiger partial charge >= 0.3 is 0 Å². The minimum Gasteiger partial charge on any atom is -0.329 e. The molecule has 4 heteroatoms. The molecule has 15 heavy (non-hydrogen) atoms. The predicted molar refractivity (Wildman–Crippen MR) is 61.9 cm³/mol. The Morgan fingerprint density at radius 2 is 2.20 bits per heavy atom. The third-order valence-electron chi connectivity index (χ3n) is 2.02. The van der Waals surface area contributed by atoms with Crippen LogP contribution in [0.2, 0.25) is 0 Å². The second-order valence-corrected chi connectivity index (χ2v) is 3.85. The largest absolute Gasteiger partial charge is 0.329 e. The zero-order valence-electron chi connectivity index (χ0n) is 9.34. The topological polar surface area (TPSA) is 56.9 Å². The van der Waals surface area contributed by atoms with Gasteiger partial charge in [-0.2, -0.15) is 0 Å². The highest BCUT2D eigenvalue weighted by Gasteiger charge is 1.94. The summed E-state index contributed by atoms with van der Waals surface area (Å²) in [5, 5.41) is 6.58. The highest BCUT2D eigenvalue weighted by atomic mass is 16.1. The van der Waals surface area contributed by atoms with Gasteiger partial charge in [-0.1, -0.05) is 13.8 Å². The summed E-state index contributed by atoms with van der Waals surface area (Å²) in [7, 11) is 0. The average Bonchev–Trinajstić information content (AvgIpc) is 2.17. The number of hydrogen-bond donors (Lipinski definition) is 3. The summed E-state index contributed by atoms with van der Waals surface area (Å²) in [6.45, 7) is 6.84. The van der Waals surface area contributed by atoms with Crippen LogP contribution in [-0.4, -0.2) is 24.1 Å². The van der Waals surface area contributed by atoms with Gasteiger partial charge in [-0.05, 0) is 11.6 Å². The van der Waals surface area contributed by atoms with Crippen molar-refractivity contribution in [1.29, 1.82) is 0 Å². The summed E-state index contributed by atoms with van der Waals surface area (Å²) in [4.78, 5) is 13.6. The van der Waals surface area contributed by atoms with Gasteiger partial charge in [0.15, 0.2) is 0 Å². The molecule has 0 atom stereocenters. The van der Waals surface area contributed by atoms with Crippen LogP contribution in [0, 0.1) is 0 Å². The molecular weight excluding hydrogens is 190 g/mol. The van der Waals surface area contributed by atoms with Gasteiger partial charge in [0.05, 0.1) is 0 Å². The minimum absolute atomic E-state index is 0.0467. The second kappa shape index (κ2) is 6.37. The summed E-state index contributed by atoms with van der Waals surface area (Å²) in [6, 6.07) is 4.04. The van der Waals surface area contributed by atoms with Crippen LogP contribution in [0.5, 0.6) is 0 Å². The Labute approximate surface area is 90.1 Å². The average molecular weight is 209 g/mol. The van der Waals surface area contributed by atoms with Crippen molar-refractivity contribution in [3.05, 3.63) is 34.2 Å².